The Morgan fingerprint density at radius 3 is 3.09 bits per heavy atom. The number of carbonyl (C=O) groups excluding carboxylic acids is 1. The van der Waals surface area contributed by atoms with Crippen LogP contribution in [0.5, 0.6) is 0 Å². The van der Waals surface area contributed by atoms with Crippen LogP contribution in [0.25, 0.3) is 0 Å². The maximum absolute atomic E-state index is 10.9. The minimum Gasteiger partial charge on any atom is -0.360 e. The molecule has 1 aliphatic rings. The molecule has 2 rings (SSSR count). The molecule has 1 aromatic heterocycles. The summed E-state index contributed by atoms with van der Waals surface area (Å²) < 4.78 is 0. The second-order valence-electron chi connectivity index (χ2n) is 2.02. The van der Waals surface area contributed by atoms with E-state index in [4.69, 9.17) is 4.84 Å². The quantitative estimate of drug-likeness (QED) is 0.641. The summed E-state index contributed by atoms with van der Waals surface area (Å²) in [7, 11) is 0. The first-order valence-corrected chi connectivity index (χ1v) is 3.90. The fraction of sp³-hybridized carbons (Fsp3) is 0.167. The average Bonchev–Trinajstić information content (AvgIpc) is 2.55. The zero-order valence-corrected chi connectivity index (χ0v) is 6.25. The Bertz CT molecular complexity index is 294. The van der Waals surface area contributed by atoms with Crippen molar-refractivity contribution in [3.63, 3.8) is 0 Å². The van der Waals surface area contributed by atoms with Crippen molar-refractivity contribution in [3.8, 4) is 0 Å². The number of carbonyl (C=O) groups is 1. The van der Waals surface area contributed by atoms with Crippen LogP contribution in [-0.2, 0) is 9.63 Å². The third-order valence-electron chi connectivity index (χ3n) is 1.32. The molecular formula is C6H4N2O2S. The Hall–Kier alpha value is -1.23. The van der Waals surface area contributed by atoms with Gasteiger partial charge in [-0.1, -0.05) is 11.2 Å². The van der Waals surface area contributed by atoms with Crippen molar-refractivity contribution in [3.05, 3.63) is 22.4 Å². The molecule has 2 heterocycles. The van der Waals surface area contributed by atoms with Crippen LogP contribution in [0.15, 0.2) is 27.9 Å². The van der Waals surface area contributed by atoms with Crippen molar-refractivity contribution >= 4 is 17.2 Å². The van der Waals surface area contributed by atoms with E-state index in [1.54, 1.807) is 0 Å². The molecule has 0 radical (unpaired) electrons. The number of nitrogens with zero attached hydrogens (tertiary/aromatic N) is 2. The van der Waals surface area contributed by atoms with Crippen LogP contribution >= 0.6 is 11.3 Å². The first-order valence-electron chi connectivity index (χ1n) is 3.02. The van der Waals surface area contributed by atoms with E-state index in [2.05, 4.69) is 10.4 Å². The summed E-state index contributed by atoms with van der Waals surface area (Å²) in [6.45, 7) is 0. The highest BCUT2D eigenvalue weighted by Crippen LogP contribution is 2.27. The van der Waals surface area contributed by atoms with Gasteiger partial charge in [-0.25, -0.2) is 0 Å². The number of hydrogen-bond acceptors (Lipinski definition) is 4. The van der Waals surface area contributed by atoms with Crippen molar-refractivity contribution in [2.24, 2.45) is 10.4 Å². The highest BCUT2D eigenvalue weighted by atomic mass is 32.1. The Kier molecular flexibility index (Phi) is 1.43. The molecule has 5 heteroatoms. The van der Waals surface area contributed by atoms with Crippen molar-refractivity contribution in [2.45, 2.75) is 6.10 Å². The minimum atomic E-state index is -0.588. The van der Waals surface area contributed by atoms with E-state index in [0.717, 1.165) is 4.88 Å². The lowest BCUT2D eigenvalue weighted by molar-refractivity contribution is -0.123. The van der Waals surface area contributed by atoms with Gasteiger partial charge < -0.3 is 4.84 Å². The van der Waals surface area contributed by atoms with Crippen LogP contribution in [0.4, 0.5) is 0 Å². The summed E-state index contributed by atoms with van der Waals surface area (Å²) in [4.78, 5) is 16.5. The fourth-order valence-corrected chi connectivity index (χ4v) is 1.56. The number of hydrogen-bond donors (Lipinski definition) is 0. The molecule has 1 amide bonds. The van der Waals surface area contributed by atoms with Crippen molar-refractivity contribution in [2.75, 3.05) is 0 Å². The monoisotopic (exact) mass is 168 g/mol. The first-order chi connectivity index (χ1) is 5.38. The molecule has 0 bridgehead atoms. The zero-order chi connectivity index (χ0) is 7.68. The molecule has 0 aromatic carbocycles. The molecule has 1 unspecified atom stereocenters. The second kappa shape index (κ2) is 2.43. The summed E-state index contributed by atoms with van der Waals surface area (Å²) in [5.74, 6) is -0.326. The predicted molar refractivity (Wildman–Crippen MR) is 38.0 cm³/mol. The van der Waals surface area contributed by atoms with E-state index >= 15 is 0 Å². The molecule has 0 fully saturated rings. The predicted octanol–water partition coefficient (Wildman–Crippen LogP) is 1.71. The Balaban J connectivity index is 2.26. The van der Waals surface area contributed by atoms with Gasteiger partial charge in [-0.2, -0.15) is 0 Å². The van der Waals surface area contributed by atoms with Gasteiger partial charge in [0.15, 0.2) is 0 Å². The van der Waals surface area contributed by atoms with Crippen molar-refractivity contribution < 1.29 is 9.63 Å². The van der Waals surface area contributed by atoms with Gasteiger partial charge in [0.25, 0.3) is 0 Å². The Morgan fingerprint density at radius 2 is 2.55 bits per heavy atom. The summed E-state index contributed by atoms with van der Waals surface area (Å²) in [5.41, 5.74) is 0. The highest BCUT2D eigenvalue weighted by Gasteiger charge is 2.28. The van der Waals surface area contributed by atoms with Crippen LogP contribution in [0, 0.1) is 0 Å². The number of thiophene rings is 1. The summed E-state index contributed by atoms with van der Waals surface area (Å²) in [6, 6.07) is 3.68. The molecular weight excluding hydrogens is 164 g/mol. The Morgan fingerprint density at radius 1 is 1.64 bits per heavy atom. The third kappa shape index (κ3) is 1.03. The standard InChI is InChI=1S/C6H4N2O2S/c9-6-5(10-8-7-6)4-2-1-3-11-4/h1-3,5H. The largest absolute Gasteiger partial charge is 0.360 e. The minimum absolute atomic E-state index is 0.326. The van der Waals surface area contributed by atoms with E-state index in [1.165, 1.54) is 11.3 Å². The second-order valence-corrected chi connectivity index (χ2v) is 3.00. The molecule has 56 valence electrons. The van der Waals surface area contributed by atoms with Gasteiger partial charge >= 0.3 is 5.91 Å². The van der Waals surface area contributed by atoms with Crippen molar-refractivity contribution in [1.82, 2.24) is 0 Å². The molecule has 0 saturated carbocycles. The van der Waals surface area contributed by atoms with E-state index in [1.807, 2.05) is 17.5 Å². The SMILES string of the molecule is O=C1N=NOC1c1cccs1. The zero-order valence-electron chi connectivity index (χ0n) is 5.43. The lowest BCUT2D eigenvalue weighted by Gasteiger charge is -1.98. The number of amides is 1. The molecule has 11 heavy (non-hydrogen) atoms. The van der Waals surface area contributed by atoms with Gasteiger partial charge in [-0.05, 0) is 11.4 Å². The van der Waals surface area contributed by atoms with Gasteiger partial charge in [0, 0.05) is 5.28 Å². The average molecular weight is 168 g/mol. The van der Waals surface area contributed by atoms with E-state index in [0.29, 0.717) is 0 Å². The van der Waals surface area contributed by atoms with Crippen molar-refractivity contribution in [1.29, 1.82) is 0 Å². The van der Waals surface area contributed by atoms with Gasteiger partial charge in [0.2, 0.25) is 6.10 Å². The molecule has 1 aromatic rings. The maximum atomic E-state index is 10.9. The van der Waals surface area contributed by atoms with Gasteiger partial charge in [-0.3, -0.25) is 4.79 Å². The van der Waals surface area contributed by atoms with Crippen LogP contribution < -0.4 is 0 Å². The normalized spacial score (nSPS) is 22.2. The van der Waals surface area contributed by atoms with Gasteiger partial charge in [-0.15, -0.1) is 11.3 Å². The molecule has 1 aliphatic heterocycles. The van der Waals surface area contributed by atoms with E-state index < -0.39 is 6.10 Å². The Labute approximate surface area is 66.5 Å². The fourth-order valence-electron chi connectivity index (χ4n) is 0.823. The van der Waals surface area contributed by atoms with Gasteiger partial charge in [0.1, 0.15) is 0 Å². The highest BCUT2D eigenvalue weighted by molar-refractivity contribution is 7.10. The molecule has 1 atom stereocenters. The molecule has 0 saturated heterocycles. The van der Waals surface area contributed by atoms with E-state index in [-0.39, 0.29) is 5.91 Å². The van der Waals surface area contributed by atoms with Crippen LogP contribution in [0.2, 0.25) is 0 Å². The van der Waals surface area contributed by atoms with Crippen LogP contribution in [0.1, 0.15) is 11.0 Å². The summed E-state index contributed by atoms with van der Waals surface area (Å²) in [5, 5.41) is 8.31. The smallest absolute Gasteiger partial charge is 0.316 e. The van der Waals surface area contributed by atoms with Crippen LogP contribution in [0.3, 0.4) is 0 Å². The lowest BCUT2D eigenvalue weighted by atomic mass is 10.3. The molecule has 0 aliphatic carbocycles. The molecule has 0 N–H and O–H groups in total. The van der Waals surface area contributed by atoms with Crippen LogP contribution in [-0.4, -0.2) is 5.91 Å². The summed E-state index contributed by atoms with van der Waals surface area (Å²) in [6.07, 6.45) is -0.588. The third-order valence-corrected chi connectivity index (χ3v) is 2.23. The lowest BCUT2D eigenvalue weighted by Crippen LogP contribution is -2.03. The summed E-state index contributed by atoms with van der Waals surface area (Å²) >= 11 is 1.46. The maximum Gasteiger partial charge on any atom is 0.316 e. The molecule has 4 nitrogen and oxygen atoms in total. The van der Waals surface area contributed by atoms with E-state index in [9.17, 15) is 4.79 Å². The number of rotatable bonds is 1. The first kappa shape index (κ1) is 6.48. The van der Waals surface area contributed by atoms with Gasteiger partial charge in [0.05, 0.1) is 4.88 Å². The molecule has 0 spiro atoms. The topological polar surface area (TPSA) is 51.0 Å².